The van der Waals surface area contributed by atoms with Crippen molar-refractivity contribution in [2.24, 2.45) is 11.8 Å². The molecule has 27 heavy (non-hydrogen) atoms. The van der Waals surface area contributed by atoms with Crippen LogP contribution in [0.15, 0.2) is 48.5 Å². The predicted molar refractivity (Wildman–Crippen MR) is 104 cm³/mol. The number of anilines is 1. The first-order valence-electron chi connectivity index (χ1n) is 9.33. The van der Waals surface area contributed by atoms with Crippen LogP contribution in [0.2, 0.25) is 5.02 Å². The molecule has 1 aliphatic heterocycles. The lowest BCUT2D eigenvalue weighted by Gasteiger charge is -2.35. The highest BCUT2D eigenvalue weighted by atomic mass is 35.5. The van der Waals surface area contributed by atoms with Crippen LogP contribution in [0.5, 0.6) is 0 Å². The first-order chi connectivity index (χ1) is 12.9. The minimum Gasteiger partial charge on any atom is -0.375 e. The molecule has 1 fully saturated rings. The maximum atomic E-state index is 13.4. The van der Waals surface area contributed by atoms with Crippen molar-refractivity contribution in [3.8, 4) is 0 Å². The number of benzene rings is 2. The molecule has 0 spiro atoms. The van der Waals surface area contributed by atoms with Gasteiger partial charge in [-0.05, 0) is 36.5 Å². The Morgan fingerprint density at radius 2 is 1.85 bits per heavy atom. The molecule has 140 valence electrons. The number of nitrogens with zero attached hydrogens (tertiary/aromatic N) is 1. The zero-order valence-electron chi connectivity index (χ0n) is 15.2. The number of amides is 1. The number of para-hydroxylation sites is 1. The van der Waals surface area contributed by atoms with Crippen LogP contribution >= 0.6 is 11.6 Å². The van der Waals surface area contributed by atoms with Crippen molar-refractivity contribution in [3.63, 3.8) is 0 Å². The van der Waals surface area contributed by atoms with Gasteiger partial charge in [-0.3, -0.25) is 9.59 Å². The van der Waals surface area contributed by atoms with E-state index < -0.39 is 17.4 Å². The highest BCUT2D eigenvalue weighted by molar-refractivity contribution is 6.31. The van der Waals surface area contributed by atoms with E-state index in [4.69, 9.17) is 11.6 Å². The highest BCUT2D eigenvalue weighted by Gasteiger charge is 2.57. The molecule has 1 amide bonds. The van der Waals surface area contributed by atoms with Gasteiger partial charge >= 0.3 is 0 Å². The number of carbonyl (C=O) groups is 2. The Labute approximate surface area is 163 Å². The Hall–Kier alpha value is -2.17. The lowest BCUT2D eigenvalue weighted by Crippen LogP contribution is -2.50. The average Bonchev–Trinajstić information content (AvgIpc) is 2.88. The highest BCUT2D eigenvalue weighted by Crippen LogP contribution is 2.49. The summed E-state index contributed by atoms with van der Waals surface area (Å²) in [4.78, 5) is 27.6. The van der Waals surface area contributed by atoms with Crippen LogP contribution in [-0.4, -0.2) is 16.8 Å². The van der Waals surface area contributed by atoms with E-state index in [9.17, 15) is 14.7 Å². The van der Waals surface area contributed by atoms with Gasteiger partial charge in [0.15, 0.2) is 5.60 Å². The largest absolute Gasteiger partial charge is 0.375 e. The number of Topliss-reactive ketones (excluding diaryl/α,β-unsaturated/α-hetero) is 1. The van der Waals surface area contributed by atoms with Gasteiger partial charge in [0.05, 0.1) is 18.2 Å². The Kier molecular flexibility index (Phi) is 4.57. The Morgan fingerprint density at radius 3 is 2.63 bits per heavy atom. The average molecular weight is 384 g/mol. The number of rotatable bonds is 3. The van der Waals surface area contributed by atoms with Crippen LogP contribution < -0.4 is 4.90 Å². The molecule has 5 heteroatoms. The molecule has 2 aromatic carbocycles. The number of hydrogen-bond donors (Lipinski definition) is 1. The fourth-order valence-corrected chi connectivity index (χ4v) is 4.57. The summed E-state index contributed by atoms with van der Waals surface area (Å²) in [5.74, 6) is -0.866. The molecule has 0 saturated heterocycles. The molecule has 0 unspecified atom stereocenters. The van der Waals surface area contributed by atoms with E-state index >= 15 is 0 Å². The van der Waals surface area contributed by atoms with E-state index in [1.807, 2.05) is 30.3 Å². The molecule has 0 bridgehead atoms. The maximum Gasteiger partial charge on any atom is 0.264 e. The second-order valence-corrected chi connectivity index (χ2v) is 8.07. The van der Waals surface area contributed by atoms with E-state index in [1.54, 1.807) is 23.1 Å². The van der Waals surface area contributed by atoms with Gasteiger partial charge in [0.2, 0.25) is 0 Å². The van der Waals surface area contributed by atoms with E-state index in [-0.39, 0.29) is 12.3 Å². The van der Waals surface area contributed by atoms with Gasteiger partial charge in [-0.2, -0.15) is 0 Å². The van der Waals surface area contributed by atoms with Crippen molar-refractivity contribution in [2.45, 2.75) is 38.3 Å². The normalized spacial score (nSPS) is 27.7. The van der Waals surface area contributed by atoms with Gasteiger partial charge in [-0.25, -0.2) is 0 Å². The Morgan fingerprint density at radius 1 is 1.15 bits per heavy atom. The molecule has 1 saturated carbocycles. The van der Waals surface area contributed by atoms with Crippen LogP contribution in [-0.2, 0) is 21.7 Å². The fourth-order valence-electron chi connectivity index (χ4n) is 4.37. The maximum absolute atomic E-state index is 13.4. The third-order valence-corrected chi connectivity index (χ3v) is 6.25. The van der Waals surface area contributed by atoms with Crippen molar-refractivity contribution >= 4 is 29.0 Å². The lowest BCUT2D eigenvalue weighted by molar-refractivity contribution is -0.153. The molecule has 3 atom stereocenters. The van der Waals surface area contributed by atoms with Crippen LogP contribution in [0.25, 0.3) is 0 Å². The SMILES string of the molecule is C[C@@H]1CCC(=O)[C@@H]([C@]2(O)C(=O)N(Cc3ccccc3Cl)c3ccccc32)C1. The van der Waals surface area contributed by atoms with Crippen molar-refractivity contribution < 1.29 is 14.7 Å². The topological polar surface area (TPSA) is 57.6 Å². The molecular weight excluding hydrogens is 362 g/mol. The number of halogens is 1. The molecule has 2 aromatic rings. The first-order valence-corrected chi connectivity index (χ1v) is 9.70. The molecule has 0 radical (unpaired) electrons. The number of carbonyl (C=O) groups excluding carboxylic acids is 2. The summed E-state index contributed by atoms with van der Waals surface area (Å²) in [6.07, 6.45) is 1.74. The minimum absolute atomic E-state index is 0.0293. The molecule has 4 nitrogen and oxygen atoms in total. The molecule has 1 aliphatic carbocycles. The van der Waals surface area contributed by atoms with Gasteiger partial charge in [-0.1, -0.05) is 54.9 Å². The molecule has 1 N–H and O–H groups in total. The third-order valence-electron chi connectivity index (χ3n) is 5.88. The Balaban J connectivity index is 1.78. The molecular formula is C22H22ClNO3. The van der Waals surface area contributed by atoms with Crippen LogP contribution in [0, 0.1) is 11.8 Å². The summed E-state index contributed by atoms with van der Waals surface area (Å²) < 4.78 is 0. The molecule has 2 aliphatic rings. The van der Waals surface area contributed by atoms with Crippen molar-refractivity contribution in [1.29, 1.82) is 0 Å². The van der Waals surface area contributed by atoms with Gasteiger partial charge in [0.25, 0.3) is 5.91 Å². The van der Waals surface area contributed by atoms with Crippen LogP contribution in [0.1, 0.15) is 37.3 Å². The summed E-state index contributed by atoms with van der Waals surface area (Å²) >= 11 is 6.28. The summed E-state index contributed by atoms with van der Waals surface area (Å²) in [6.45, 7) is 2.32. The monoisotopic (exact) mass is 383 g/mol. The number of fused-ring (bicyclic) bond motifs is 1. The molecule has 1 heterocycles. The lowest BCUT2D eigenvalue weighted by atomic mass is 9.70. The summed E-state index contributed by atoms with van der Waals surface area (Å²) in [6, 6.07) is 14.6. The van der Waals surface area contributed by atoms with E-state index in [2.05, 4.69) is 6.92 Å². The van der Waals surface area contributed by atoms with Crippen LogP contribution in [0.3, 0.4) is 0 Å². The van der Waals surface area contributed by atoms with Crippen molar-refractivity contribution in [2.75, 3.05) is 4.90 Å². The third kappa shape index (κ3) is 2.88. The van der Waals surface area contributed by atoms with Crippen molar-refractivity contribution in [3.05, 3.63) is 64.7 Å². The van der Waals surface area contributed by atoms with Crippen LogP contribution in [0.4, 0.5) is 5.69 Å². The summed E-state index contributed by atoms with van der Waals surface area (Å²) in [5.41, 5.74) is 0.171. The zero-order valence-corrected chi connectivity index (χ0v) is 15.9. The van der Waals surface area contributed by atoms with Gasteiger partial charge in [-0.15, -0.1) is 0 Å². The number of ketones is 1. The number of aliphatic hydroxyl groups is 1. The predicted octanol–water partition coefficient (Wildman–Crippen LogP) is 4.08. The quantitative estimate of drug-likeness (QED) is 0.868. The first kappa shape index (κ1) is 18.2. The van der Waals surface area contributed by atoms with E-state index in [0.717, 1.165) is 12.0 Å². The second kappa shape index (κ2) is 6.77. The minimum atomic E-state index is -1.80. The summed E-state index contributed by atoms with van der Waals surface area (Å²) in [7, 11) is 0. The smallest absolute Gasteiger partial charge is 0.264 e. The van der Waals surface area contributed by atoms with Crippen molar-refractivity contribution in [1.82, 2.24) is 0 Å². The second-order valence-electron chi connectivity index (χ2n) is 7.66. The van der Waals surface area contributed by atoms with E-state index in [0.29, 0.717) is 35.0 Å². The standard InChI is InChI=1S/C22H22ClNO3/c1-14-10-11-20(25)17(12-14)22(27)16-7-3-5-9-19(16)24(21(22)26)13-15-6-2-4-8-18(15)23/h2-9,14,17,27H,10-13H2,1H3/t14-,17+,22+/m1/s1. The molecule has 4 rings (SSSR count). The van der Waals surface area contributed by atoms with E-state index in [1.165, 1.54) is 0 Å². The zero-order chi connectivity index (χ0) is 19.2. The fraction of sp³-hybridized carbons (Fsp3) is 0.364. The molecule has 0 aromatic heterocycles. The number of hydrogen-bond acceptors (Lipinski definition) is 3. The summed E-state index contributed by atoms with van der Waals surface area (Å²) in [5, 5.41) is 12.2. The van der Waals surface area contributed by atoms with Gasteiger partial charge in [0.1, 0.15) is 5.78 Å². The van der Waals surface area contributed by atoms with Gasteiger partial charge < -0.3 is 10.0 Å². The Bertz CT molecular complexity index is 912. The van der Waals surface area contributed by atoms with Gasteiger partial charge in [0, 0.05) is 17.0 Å².